The number of ether oxygens (including phenoxy) is 1. The Morgan fingerprint density at radius 2 is 1.88 bits per heavy atom. The number of hydrogen-bond acceptors (Lipinski definition) is 3. The predicted octanol–water partition coefficient (Wildman–Crippen LogP) is 3.26. The van der Waals surface area contributed by atoms with Crippen LogP contribution >= 0.6 is 11.6 Å². The number of aromatic nitrogens is 1. The summed E-state index contributed by atoms with van der Waals surface area (Å²) in [6.45, 7) is 0. The van der Waals surface area contributed by atoms with E-state index in [0.717, 1.165) is 22.0 Å². The fraction of sp³-hybridized carbons (Fsp3) is 0.200. The molecule has 0 saturated carbocycles. The molecular weight excluding hydrogens is 352 g/mol. The third-order valence-electron chi connectivity index (χ3n) is 4.20. The molecule has 134 valence electrons. The Morgan fingerprint density at radius 3 is 2.62 bits per heavy atom. The number of aromatic amines is 1. The Hall–Kier alpha value is -2.79. The topological polar surface area (TPSA) is 71.2 Å². The van der Waals surface area contributed by atoms with Crippen LogP contribution in [0, 0.1) is 0 Å². The lowest BCUT2D eigenvalue weighted by atomic mass is 10.0. The Labute approximate surface area is 156 Å². The van der Waals surface area contributed by atoms with Gasteiger partial charge in [-0.05, 0) is 29.3 Å². The molecule has 1 unspecified atom stereocenters. The highest BCUT2D eigenvalue weighted by Crippen LogP contribution is 2.19. The maximum absolute atomic E-state index is 12.4. The molecule has 1 heterocycles. The van der Waals surface area contributed by atoms with Gasteiger partial charge in [0.1, 0.15) is 6.04 Å². The van der Waals surface area contributed by atoms with E-state index < -0.39 is 12.0 Å². The van der Waals surface area contributed by atoms with Crippen molar-refractivity contribution < 1.29 is 14.3 Å². The summed E-state index contributed by atoms with van der Waals surface area (Å²) in [6, 6.07) is 14.1. The summed E-state index contributed by atoms with van der Waals surface area (Å²) in [6.07, 6.45) is 2.37. The molecule has 1 atom stereocenters. The molecule has 0 saturated heterocycles. The van der Waals surface area contributed by atoms with Crippen molar-refractivity contribution in [2.24, 2.45) is 0 Å². The molecule has 0 aliphatic rings. The molecule has 2 N–H and O–H groups in total. The van der Waals surface area contributed by atoms with Crippen molar-refractivity contribution in [3.63, 3.8) is 0 Å². The standard InChI is InChI=1S/C20H19ClN2O3/c1-26-20(25)18(11-14-12-22-17-5-3-2-4-16(14)17)23-19(24)10-13-6-8-15(21)9-7-13/h2-9,12,18,22H,10-11H2,1H3,(H,23,24). The molecule has 0 fully saturated rings. The first-order valence-electron chi connectivity index (χ1n) is 8.23. The maximum Gasteiger partial charge on any atom is 0.328 e. The summed E-state index contributed by atoms with van der Waals surface area (Å²) in [4.78, 5) is 27.7. The van der Waals surface area contributed by atoms with Crippen LogP contribution in [0.25, 0.3) is 10.9 Å². The van der Waals surface area contributed by atoms with Gasteiger partial charge in [0.05, 0.1) is 13.5 Å². The number of amides is 1. The molecule has 0 radical (unpaired) electrons. The van der Waals surface area contributed by atoms with Gasteiger partial charge in [0.2, 0.25) is 5.91 Å². The van der Waals surface area contributed by atoms with E-state index in [1.165, 1.54) is 7.11 Å². The number of para-hydroxylation sites is 1. The van der Waals surface area contributed by atoms with Crippen LogP contribution in [0.2, 0.25) is 5.02 Å². The van der Waals surface area contributed by atoms with Crippen molar-refractivity contribution in [1.29, 1.82) is 0 Å². The van der Waals surface area contributed by atoms with Gasteiger partial charge in [0.25, 0.3) is 0 Å². The molecule has 0 bridgehead atoms. The normalized spacial score (nSPS) is 11.9. The number of benzene rings is 2. The largest absolute Gasteiger partial charge is 0.467 e. The first-order chi connectivity index (χ1) is 12.6. The first-order valence-corrected chi connectivity index (χ1v) is 8.61. The quantitative estimate of drug-likeness (QED) is 0.654. The van der Waals surface area contributed by atoms with E-state index in [-0.39, 0.29) is 12.3 Å². The highest BCUT2D eigenvalue weighted by atomic mass is 35.5. The zero-order valence-corrected chi connectivity index (χ0v) is 15.0. The minimum atomic E-state index is -0.751. The molecule has 3 aromatic rings. The predicted molar refractivity (Wildman–Crippen MR) is 101 cm³/mol. The second-order valence-electron chi connectivity index (χ2n) is 6.01. The molecule has 0 spiro atoms. The van der Waals surface area contributed by atoms with Crippen molar-refractivity contribution in [1.82, 2.24) is 10.3 Å². The van der Waals surface area contributed by atoms with Crippen molar-refractivity contribution in [2.75, 3.05) is 7.11 Å². The van der Waals surface area contributed by atoms with Crippen molar-refractivity contribution in [3.05, 3.63) is 70.9 Å². The van der Waals surface area contributed by atoms with Crippen LogP contribution in [0.1, 0.15) is 11.1 Å². The maximum atomic E-state index is 12.4. The van der Waals surface area contributed by atoms with Crippen LogP contribution < -0.4 is 5.32 Å². The molecule has 26 heavy (non-hydrogen) atoms. The van der Waals surface area contributed by atoms with Gasteiger partial charge in [0, 0.05) is 28.5 Å². The van der Waals surface area contributed by atoms with Gasteiger partial charge in [0.15, 0.2) is 0 Å². The number of hydrogen-bond donors (Lipinski definition) is 2. The van der Waals surface area contributed by atoms with Gasteiger partial charge >= 0.3 is 5.97 Å². The van der Waals surface area contributed by atoms with Crippen molar-refractivity contribution >= 4 is 34.4 Å². The van der Waals surface area contributed by atoms with Gasteiger partial charge in [-0.2, -0.15) is 0 Å². The number of nitrogens with one attached hydrogen (secondary N) is 2. The smallest absolute Gasteiger partial charge is 0.328 e. The highest BCUT2D eigenvalue weighted by molar-refractivity contribution is 6.30. The van der Waals surface area contributed by atoms with E-state index in [0.29, 0.717) is 11.4 Å². The number of rotatable bonds is 6. The van der Waals surface area contributed by atoms with Crippen LogP contribution in [0.3, 0.4) is 0 Å². The third-order valence-corrected chi connectivity index (χ3v) is 4.45. The first kappa shape index (κ1) is 18.0. The SMILES string of the molecule is COC(=O)C(Cc1c[nH]c2ccccc12)NC(=O)Cc1ccc(Cl)cc1. The van der Waals surface area contributed by atoms with E-state index in [1.807, 2.05) is 30.5 Å². The fourth-order valence-corrected chi connectivity index (χ4v) is 3.01. The van der Waals surface area contributed by atoms with Gasteiger partial charge in [-0.1, -0.05) is 41.9 Å². The fourth-order valence-electron chi connectivity index (χ4n) is 2.89. The monoisotopic (exact) mass is 370 g/mol. The molecule has 5 nitrogen and oxygen atoms in total. The summed E-state index contributed by atoms with van der Waals surface area (Å²) < 4.78 is 4.86. The Balaban J connectivity index is 1.72. The average Bonchev–Trinajstić information content (AvgIpc) is 3.05. The van der Waals surface area contributed by atoms with Crippen LogP contribution in [-0.4, -0.2) is 30.0 Å². The molecule has 1 amide bonds. The highest BCUT2D eigenvalue weighted by Gasteiger charge is 2.23. The molecule has 3 rings (SSSR count). The number of halogens is 1. The lowest BCUT2D eigenvalue weighted by molar-refractivity contribution is -0.145. The van der Waals surface area contributed by atoms with E-state index in [1.54, 1.807) is 24.3 Å². The number of carbonyl (C=O) groups is 2. The molecule has 2 aromatic carbocycles. The van der Waals surface area contributed by atoms with E-state index in [2.05, 4.69) is 10.3 Å². The summed E-state index contributed by atoms with van der Waals surface area (Å²) in [5.41, 5.74) is 2.75. The van der Waals surface area contributed by atoms with Gasteiger partial charge in [-0.15, -0.1) is 0 Å². The van der Waals surface area contributed by atoms with Crippen LogP contribution in [0.4, 0.5) is 0 Å². The zero-order chi connectivity index (χ0) is 18.5. The van der Waals surface area contributed by atoms with Gasteiger partial charge < -0.3 is 15.0 Å². The number of carbonyl (C=O) groups excluding carboxylic acids is 2. The molecule has 0 aliphatic carbocycles. The molecular formula is C20H19ClN2O3. The van der Waals surface area contributed by atoms with E-state index in [4.69, 9.17) is 16.3 Å². The van der Waals surface area contributed by atoms with E-state index >= 15 is 0 Å². The lowest BCUT2D eigenvalue weighted by Gasteiger charge is -2.16. The minimum absolute atomic E-state index is 0.165. The summed E-state index contributed by atoms with van der Waals surface area (Å²) in [7, 11) is 1.32. The van der Waals surface area contributed by atoms with Gasteiger partial charge in [-0.3, -0.25) is 4.79 Å². The van der Waals surface area contributed by atoms with Crippen LogP contribution in [0.15, 0.2) is 54.7 Å². The average molecular weight is 371 g/mol. The lowest BCUT2D eigenvalue weighted by Crippen LogP contribution is -2.43. The van der Waals surface area contributed by atoms with Gasteiger partial charge in [-0.25, -0.2) is 4.79 Å². The Kier molecular flexibility index (Phi) is 5.58. The molecule has 6 heteroatoms. The Bertz CT molecular complexity index is 918. The number of esters is 1. The zero-order valence-electron chi connectivity index (χ0n) is 14.3. The number of fused-ring (bicyclic) bond motifs is 1. The second kappa shape index (κ2) is 8.06. The molecule has 0 aliphatic heterocycles. The molecule has 1 aromatic heterocycles. The summed E-state index contributed by atoms with van der Waals surface area (Å²) in [5.74, 6) is -0.720. The van der Waals surface area contributed by atoms with E-state index in [9.17, 15) is 9.59 Å². The minimum Gasteiger partial charge on any atom is -0.467 e. The van der Waals surface area contributed by atoms with Crippen molar-refractivity contribution in [3.8, 4) is 0 Å². The summed E-state index contributed by atoms with van der Waals surface area (Å²) >= 11 is 5.86. The number of methoxy groups -OCH3 is 1. The Morgan fingerprint density at radius 1 is 1.15 bits per heavy atom. The van der Waals surface area contributed by atoms with Crippen LogP contribution in [-0.2, 0) is 27.2 Å². The number of H-pyrrole nitrogens is 1. The van der Waals surface area contributed by atoms with Crippen molar-refractivity contribution in [2.45, 2.75) is 18.9 Å². The second-order valence-corrected chi connectivity index (χ2v) is 6.45. The third kappa shape index (κ3) is 4.24. The van der Waals surface area contributed by atoms with Crippen LogP contribution in [0.5, 0.6) is 0 Å². The summed E-state index contributed by atoms with van der Waals surface area (Å²) in [5, 5.41) is 4.41.